The fraction of sp³-hybridized carbons (Fsp3) is 0.412. The molecule has 1 N–H and O–H groups in total. The van der Waals surface area contributed by atoms with Crippen LogP contribution in [0.4, 0.5) is 0 Å². The summed E-state index contributed by atoms with van der Waals surface area (Å²) in [5.41, 5.74) is 4.14. The number of rotatable bonds is 6. The molecule has 0 fully saturated rings. The number of hydrogen-bond acceptors (Lipinski definition) is 3. The van der Waals surface area contributed by atoms with Crippen LogP contribution in [-0.4, -0.2) is 11.4 Å². The molecule has 0 aliphatic carbocycles. The molecule has 3 nitrogen and oxygen atoms in total. The first-order valence-corrected chi connectivity index (χ1v) is 7.41. The standard InChI is InChI=1S/C17H22N2O/c1-2-7-18-9-14-8-17(20-13-14)12-19-10-15-5-3-4-6-16(15)11-19/h3-6,8,13,18H,2,7,9-12H2,1H3. The Hall–Kier alpha value is -1.58. The molecule has 0 saturated heterocycles. The van der Waals surface area contributed by atoms with Crippen LogP contribution in [0.5, 0.6) is 0 Å². The molecular weight excluding hydrogens is 248 g/mol. The quantitative estimate of drug-likeness (QED) is 0.816. The highest BCUT2D eigenvalue weighted by Gasteiger charge is 2.19. The molecule has 2 aromatic rings. The van der Waals surface area contributed by atoms with Crippen LogP contribution in [0.15, 0.2) is 41.0 Å². The average Bonchev–Trinajstić information content (AvgIpc) is 3.05. The number of nitrogens with one attached hydrogen (secondary N) is 1. The van der Waals surface area contributed by atoms with E-state index in [1.165, 1.54) is 16.7 Å². The van der Waals surface area contributed by atoms with Crippen LogP contribution >= 0.6 is 0 Å². The van der Waals surface area contributed by atoms with Crippen LogP contribution in [0, 0.1) is 0 Å². The van der Waals surface area contributed by atoms with Gasteiger partial charge in [0.1, 0.15) is 5.76 Å². The number of benzene rings is 1. The largest absolute Gasteiger partial charge is 0.468 e. The van der Waals surface area contributed by atoms with Gasteiger partial charge in [0.05, 0.1) is 12.8 Å². The van der Waals surface area contributed by atoms with Gasteiger partial charge in [-0.1, -0.05) is 31.2 Å². The van der Waals surface area contributed by atoms with Crippen molar-refractivity contribution in [1.29, 1.82) is 0 Å². The minimum atomic E-state index is 0.891. The van der Waals surface area contributed by atoms with Crippen LogP contribution in [-0.2, 0) is 26.2 Å². The summed E-state index contributed by atoms with van der Waals surface area (Å²) in [4.78, 5) is 2.42. The molecule has 1 aromatic heterocycles. The normalized spacial score (nSPS) is 14.7. The number of furan rings is 1. The monoisotopic (exact) mass is 270 g/mol. The highest BCUT2D eigenvalue weighted by Crippen LogP contribution is 2.24. The Morgan fingerprint density at radius 2 is 1.95 bits per heavy atom. The van der Waals surface area contributed by atoms with E-state index in [9.17, 15) is 0 Å². The van der Waals surface area contributed by atoms with Gasteiger partial charge in [-0.05, 0) is 30.2 Å². The molecular formula is C17H22N2O. The molecule has 0 amide bonds. The van der Waals surface area contributed by atoms with E-state index in [0.717, 1.165) is 44.9 Å². The Kier molecular flexibility index (Phi) is 4.19. The van der Waals surface area contributed by atoms with Gasteiger partial charge < -0.3 is 9.73 Å². The topological polar surface area (TPSA) is 28.4 Å². The van der Waals surface area contributed by atoms with Gasteiger partial charge in [-0.15, -0.1) is 0 Å². The molecule has 2 heterocycles. The molecule has 0 unspecified atom stereocenters. The summed E-state index contributed by atoms with van der Waals surface area (Å²) in [6.45, 7) is 7.08. The average molecular weight is 270 g/mol. The first kappa shape index (κ1) is 13.4. The van der Waals surface area contributed by atoms with Gasteiger partial charge in [-0.25, -0.2) is 0 Å². The molecule has 1 aliphatic heterocycles. The highest BCUT2D eigenvalue weighted by atomic mass is 16.3. The maximum Gasteiger partial charge on any atom is 0.118 e. The SMILES string of the molecule is CCCNCc1coc(CN2Cc3ccccc3C2)c1. The molecule has 3 rings (SSSR count). The van der Waals surface area contributed by atoms with Crippen molar-refractivity contribution < 1.29 is 4.42 Å². The number of fused-ring (bicyclic) bond motifs is 1. The van der Waals surface area contributed by atoms with Gasteiger partial charge >= 0.3 is 0 Å². The summed E-state index contributed by atoms with van der Waals surface area (Å²) in [5.74, 6) is 1.06. The third-order valence-corrected chi connectivity index (χ3v) is 3.75. The van der Waals surface area contributed by atoms with Gasteiger partial charge in [0, 0.05) is 25.2 Å². The van der Waals surface area contributed by atoms with E-state index >= 15 is 0 Å². The van der Waals surface area contributed by atoms with Crippen molar-refractivity contribution in [3.05, 3.63) is 59.0 Å². The third kappa shape index (κ3) is 3.11. The molecule has 1 aromatic carbocycles. The Balaban J connectivity index is 1.55. The van der Waals surface area contributed by atoms with Crippen LogP contribution < -0.4 is 5.32 Å². The van der Waals surface area contributed by atoms with E-state index in [1.54, 1.807) is 0 Å². The Morgan fingerprint density at radius 3 is 2.65 bits per heavy atom. The number of hydrogen-bond donors (Lipinski definition) is 1. The maximum atomic E-state index is 5.67. The van der Waals surface area contributed by atoms with E-state index in [4.69, 9.17) is 4.42 Å². The molecule has 106 valence electrons. The zero-order valence-corrected chi connectivity index (χ0v) is 12.1. The fourth-order valence-corrected chi connectivity index (χ4v) is 2.75. The second-order valence-corrected chi connectivity index (χ2v) is 5.51. The smallest absolute Gasteiger partial charge is 0.118 e. The van der Waals surface area contributed by atoms with Crippen LogP contribution in [0.2, 0.25) is 0 Å². The lowest BCUT2D eigenvalue weighted by atomic mass is 10.1. The Labute approximate surface area is 120 Å². The van der Waals surface area contributed by atoms with Crippen LogP contribution in [0.1, 0.15) is 35.8 Å². The maximum absolute atomic E-state index is 5.67. The molecule has 0 atom stereocenters. The lowest BCUT2D eigenvalue weighted by Crippen LogP contribution is -2.15. The lowest BCUT2D eigenvalue weighted by Gasteiger charge is -2.12. The summed E-state index contributed by atoms with van der Waals surface area (Å²) in [5, 5.41) is 3.40. The summed E-state index contributed by atoms with van der Waals surface area (Å²) in [6, 6.07) is 10.8. The predicted octanol–water partition coefficient (Wildman–Crippen LogP) is 3.30. The molecule has 0 spiro atoms. The first-order valence-electron chi connectivity index (χ1n) is 7.41. The molecule has 0 radical (unpaired) electrons. The Morgan fingerprint density at radius 1 is 1.20 bits per heavy atom. The van der Waals surface area contributed by atoms with Crippen molar-refractivity contribution in [3.8, 4) is 0 Å². The van der Waals surface area contributed by atoms with Gasteiger partial charge in [-0.2, -0.15) is 0 Å². The minimum Gasteiger partial charge on any atom is -0.468 e. The molecule has 1 aliphatic rings. The molecule has 20 heavy (non-hydrogen) atoms. The van der Waals surface area contributed by atoms with E-state index in [-0.39, 0.29) is 0 Å². The zero-order valence-electron chi connectivity index (χ0n) is 12.1. The first-order chi connectivity index (χ1) is 9.85. The third-order valence-electron chi connectivity index (χ3n) is 3.75. The van der Waals surface area contributed by atoms with E-state index in [1.807, 2.05) is 6.26 Å². The predicted molar refractivity (Wildman–Crippen MR) is 80.1 cm³/mol. The van der Waals surface area contributed by atoms with Gasteiger partial charge in [0.15, 0.2) is 0 Å². The van der Waals surface area contributed by atoms with Crippen molar-refractivity contribution in [1.82, 2.24) is 10.2 Å². The second-order valence-electron chi connectivity index (χ2n) is 5.51. The summed E-state index contributed by atoms with van der Waals surface area (Å²) in [7, 11) is 0. The fourth-order valence-electron chi connectivity index (χ4n) is 2.75. The highest BCUT2D eigenvalue weighted by molar-refractivity contribution is 5.30. The van der Waals surface area contributed by atoms with Crippen molar-refractivity contribution in [2.75, 3.05) is 6.54 Å². The van der Waals surface area contributed by atoms with E-state index in [2.05, 4.69) is 47.5 Å². The second kappa shape index (κ2) is 6.25. The van der Waals surface area contributed by atoms with Crippen molar-refractivity contribution in [2.24, 2.45) is 0 Å². The zero-order chi connectivity index (χ0) is 13.8. The summed E-state index contributed by atoms with van der Waals surface area (Å²) < 4.78 is 5.67. The Bertz CT molecular complexity index is 537. The molecule has 0 saturated carbocycles. The number of nitrogens with zero attached hydrogens (tertiary/aromatic N) is 1. The van der Waals surface area contributed by atoms with Crippen molar-refractivity contribution in [2.45, 2.75) is 39.5 Å². The summed E-state index contributed by atoms with van der Waals surface area (Å²) in [6.07, 6.45) is 3.04. The summed E-state index contributed by atoms with van der Waals surface area (Å²) >= 11 is 0. The van der Waals surface area contributed by atoms with E-state index in [0.29, 0.717) is 0 Å². The van der Waals surface area contributed by atoms with Gasteiger partial charge in [0.2, 0.25) is 0 Å². The van der Waals surface area contributed by atoms with Crippen molar-refractivity contribution in [3.63, 3.8) is 0 Å². The lowest BCUT2D eigenvalue weighted by molar-refractivity contribution is 0.251. The van der Waals surface area contributed by atoms with E-state index < -0.39 is 0 Å². The van der Waals surface area contributed by atoms with Crippen LogP contribution in [0.3, 0.4) is 0 Å². The minimum absolute atomic E-state index is 0.891. The molecule has 3 heteroatoms. The van der Waals surface area contributed by atoms with Gasteiger partial charge in [0.25, 0.3) is 0 Å². The van der Waals surface area contributed by atoms with Crippen molar-refractivity contribution >= 4 is 0 Å². The molecule has 0 bridgehead atoms. The van der Waals surface area contributed by atoms with Gasteiger partial charge in [-0.3, -0.25) is 4.90 Å². The van der Waals surface area contributed by atoms with Crippen LogP contribution in [0.25, 0.3) is 0 Å².